The highest BCUT2D eigenvalue weighted by Gasteiger charge is 2.22. The average molecular weight is 437 g/mol. The number of methoxy groups -OCH3 is 1. The van der Waals surface area contributed by atoms with Crippen LogP contribution < -0.4 is 14.5 Å². The molecule has 0 spiro atoms. The van der Waals surface area contributed by atoms with Crippen molar-refractivity contribution in [3.63, 3.8) is 0 Å². The van der Waals surface area contributed by atoms with Gasteiger partial charge in [0.05, 0.1) is 12.6 Å². The van der Waals surface area contributed by atoms with Crippen molar-refractivity contribution >= 4 is 33.4 Å². The summed E-state index contributed by atoms with van der Waals surface area (Å²) >= 11 is 0. The smallest absolute Gasteiger partial charge is 0.198 e. The second kappa shape index (κ2) is 8.13. The maximum atomic E-state index is 6.08. The maximum absolute atomic E-state index is 6.08. The molecule has 6 heteroatoms. The predicted octanol–water partition coefficient (Wildman–Crippen LogP) is 5.38. The number of benzene rings is 3. The van der Waals surface area contributed by atoms with Gasteiger partial charge in [-0.05, 0) is 36.4 Å². The number of nitrogens with zero attached hydrogens (tertiary/aromatic N) is 4. The number of furan rings is 1. The van der Waals surface area contributed by atoms with E-state index in [2.05, 4.69) is 28.0 Å². The van der Waals surface area contributed by atoms with Crippen LogP contribution in [0.5, 0.6) is 5.75 Å². The molecule has 5 aromatic rings. The summed E-state index contributed by atoms with van der Waals surface area (Å²) in [6, 6.07) is 26.5. The SMILES string of the molecule is COc1cccc(N2CCN(c3nc(-c4cc5ccccc5o4)nc4ccccc34)CC2)c1. The van der Waals surface area contributed by atoms with Crippen molar-refractivity contribution in [2.45, 2.75) is 0 Å². The molecule has 0 aliphatic carbocycles. The van der Waals surface area contributed by atoms with Crippen molar-refractivity contribution in [1.29, 1.82) is 0 Å². The molecule has 0 N–H and O–H groups in total. The molecular weight excluding hydrogens is 412 g/mol. The zero-order valence-electron chi connectivity index (χ0n) is 18.4. The van der Waals surface area contributed by atoms with E-state index in [1.807, 2.05) is 60.7 Å². The average Bonchev–Trinajstić information content (AvgIpc) is 3.33. The third-order valence-electron chi connectivity index (χ3n) is 6.23. The lowest BCUT2D eigenvalue weighted by atomic mass is 10.2. The lowest BCUT2D eigenvalue weighted by molar-refractivity contribution is 0.414. The van der Waals surface area contributed by atoms with Gasteiger partial charge < -0.3 is 19.0 Å². The van der Waals surface area contributed by atoms with Crippen LogP contribution in [0.3, 0.4) is 0 Å². The van der Waals surface area contributed by atoms with Gasteiger partial charge in [-0.25, -0.2) is 9.97 Å². The van der Waals surface area contributed by atoms with Crippen LogP contribution in [0.4, 0.5) is 11.5 Å². The summed E-state index contributed by atoms with van der Waals surface area (Å²) in [4.78, 5) is 14.6. The van der Waals surface area contributed by atoms with Gasteiger partial charge in [-0.3, -0.25) is 0 Å². The Kier molecular flexibility index (Phi) is 4.83. The molecule has 0 radical (unpaired) electrons. The molecule has 3 heterocycles. The van der Waals surface area contributed by atoms with Gasteiger partial charge in [-0.1, -0.05) is 36.4 Å². The molecule has 1 aliphatic rings. The highest BCUT2D eigenvalue weighted by Crippen LogP contribution is 2.32. The molecule has 0 bridgehead atoms. The lowest BCUT2D eigenvalue weighted by Gasteiger charge is -2.37. The van der Waals surface area contributed by atoms with Crippen LogP contribution in [0.1, 0.15) is 0 Å². The van der Waals surface area contributed by atoms with Gasteiger partial charge >= 0.3 is 0 Å². The Hall–Kier alpha value is -4.06. The third-order valence-corrected chi connectivity index (χ3v) is 6.23. The van der Waals surface area contributed by atoms with Crippen molar-refractivity contribution in [3.05, 3.63) is 78.9 Å². The van der Waals surface area contributed by atoms with E-state index in [-0.39, 0.29) is 0 Å². The Morgan fingerprint density at radius 1 is 0.788 bits per heavy atom. The normalized spacial score (nSPS) is 14.2. The lowest BCUT2D eigenvalue weighted by Crippen LogP contribution is -2.47. The van der Waals surface area contributed by atoms with Gasteiger partial charge in [0, 0.05) is 48.7 Å². The zero-order valence-corrected chi connectivity index (χ0v) is 18.4. The van der Waals surface area contributed by atoms with Gasteiger partial charge in [0.15, 0.2) is 11.6 Å². The predicted molar refractivity (Wildman–Crippen MR) is 132 cm³/mol. The van der Waals surface area contributed by atoms with E-state index in [1.165, 1.54) is 5.69 Å². The summed E-state index contributed by atoms with van der Waals surface area (Å²) in [5, 5.41) is 2.12. The first-order valence-electron chi connectivity index (χ1n) is 11.2. The number of piperazine rings is 1. The molecule has 1 aliphatic heterocycles. The molecule has 0 saturated carbocycles. The van der Waals surface area contributed by atoms with E-state index in [0.29, 0.717) is 11.6 Å². The van der Waals surface area contributed by atoms with Crippen LogP contribution in [-0.2, 0) is 0 Å². The van der Waals surface area contributed by atoms with Crippen molar-refractivity contribution in [2.75, 3.05) is 43.1 Å². The molecule has 1 fully saturated rings. The number of ether oxygens (including phenoxy) is 1. The van der Waals surface area contributed by atoms with E-state index >= 15 is 0 Å². The summed E-state index contributed by atoms with van der Waals surface area (Å²) in [6.07, 6.45) is 0. The molecule has 2 aromatic heterocycles. The fraction of sp³-hybridized carbons (Fsp3) is 0.185. The molecule has 6 rings (SSSR count). The Morgan fingerprint density at radius 2 is 1.58 bits per heavy atom. The van der Waals surface area contributed by atoms with Crippen LogP contribution in [0.2, 0.25) is 0 Å². The van der Waals surface area contributed by atoms with Gasteiger partial charge in [0.25, 0.3) is 0 Å². The van der Waals surface area contributed by atoms with Crippen LogP contribution in [0.25, 0.3) is 33.5 Å². The number of fused-ring (bicyclic) bond motifs is 2. The minimum Gasteiger partial charge on any atom is -0.497 e. The number of aromatic nitrogens is 2. The number of hydrogen-bond acceptors (Lipinski definition) is 6. The third kappa shape index (κ3) is 3.63. The van der Waals surface area contributed by atoms with Crippen molar-refractivity contribution in [1.82, 2.24) is 9.97 Å². The topological polar surface area (TPSA) is 54.6 Å². The zero-order chi connectivity index (χ0) is 22.2. The first-order chi connectivity index (χ1) is 16.3. The van der Waals surface area contributed by atoms with Crippen LogP contribution in [-0.4, -0.2) is 43.3 Å². The van der Waals surface area contributed by atoms with E-state index < -0.39 is 0 Å². The highest BCUT2D eigenvalue weighted by atomic mass is 16.5. The van der Waals surface area contributed by atoms with E-state index in [4.69, 9.17) is 19.1 Å². The van der Waals surface area contributed by atoms with Gasteiger partial charge in [0.1, 0.15) is 17.2 Å². The first kappa shape index (κ1) is 19.6. The fourth-order valence-corrected chi connectivity index (χ4v) is 4.49. The molecule has 1 saturated heterocycles. The molecule has 3 aromatic carbocycles. The van der Waals surface area contributed by atoms with E-state index in [9.17, 15) is 0 Å². The number of anilines is 2. The summed E-state index contributed by atoms with van der Waals surface area (Å²) in [6.45, 7) is 3.56. The molecule has 0 amide bonds. The van der Waals surface area contributed by atoms with Crippen LogP contribution >= 0.6 is 0 Å². The molecule has 0 unspecified atom stereocenters. The summed E-state index contributed by atoms with van der Waals surface area (Å²) in [5.74, 6) is 3.15. The Labute approximate surface area is 192 Å². The minimum atomic E-state index is 0.620. The molecule has 164 valence electrons. The maximum Gasteiger partial charge on any atom is 0.198 e. The number of rotatable bonds is 4. The van der Waals surface area contributed by atoms with Crippen molar-refractivity contribution in [2.24, 2.45) is 0 Å². The number of hydrogen-bond donors (Lipinski definition) is 0. The summed E-state index contributed by atoms with van der Waals surface area (Å²) in [7, 11) is 1.71. The standard InChI is InChI=1S/C27H24N4O2/c1-32-21-9-6-8-20(18-21)30-13-15-31(16-14-30)27-22-10-3-4-11-23(22)28-26(29-27)25-17-19-7-2-5-12-24(19)33-25/h2-12,17-18H,13-16H2,1H3. The fourth-order valence-electron chi connectivity index (χ4n) is 4.49. The Bertz CT molecular complexity index is 1400. The van der Waals surface area contributed by atoms with Crippen molar-refractivity contribution in [3.8, 4) is 17.3 Å². The summed E-state index contributed by atoms with van der Waals surface area (Å²) < 4.78 is 11.5. The van der Waals surface area contributed by atoms with Crippen molar-refractivity contribution < 1.29 is 9.15 Å². The van der Waals surface area contributed by atoms with Gasteiger partial charge in [-0.15, -0.1) is 0 Å². The van der Waals surface area contributed by atoms with Crippen LogP contribution in [0, 0.1) is 0 Å². The summed E-state index contributed by atoms with van der Waals surface area (Å²) in [5.41, 5.74) is 2.95. The largest absolute Gasteiger partial charge is 0.497 e. The molecular formula is C27H24N4O2. The molecule has 33 heavy (non-hydrogen) atoms. The number of para-hydroxylation sites is 2. The van der Waals surface area contributed by atoms with Crippen LogP contribution in [0.15, 0.2) is 83.3 Å². The highest BCUT2D eigenvalue weighted by molar-refractivity contribution is 5.91. The van der Waals surface area contributed by atoms with Gasteiger partial charge in [-0.2, -0.15) is 0 Å². The van der Waals surface area contributed by atoms with Gasteiger partial charge in [0.2, 0.25) is 0 Å². The first-order valence-corrected chi connectivity index (χ1v) is 11.2. The Balaban J connectivity index is 1.34. The molecule has 0 atom stereocenters. The second-order valence-electron chi connectivity index (χ2n) is 8.21. The Morgan fingerprint density at radius 3 is 2.42 bits per heavy atom. The monoisotopic (exact) mass is 436 g/mol. The molecule has 6 nitrogen and oxygen atoms in total. The second-order valence-corrected chi connectivity index (χ2v) is 8.21. The van der Waals surface area contributed by atoms with E-state index in [0.717, 1.165) is 59.6 Å². The van der Waals surface area contributed by atoms with E-state index in [1.54, 1.807) is 7.11 Å². The minimum absolute atomic E-state index is 0.620. The quantitative estimate of drug-likeness (QED) is 0.377.